The summed E-state index contributed by atoms with van der Waals surface area (Å²) in [4.78, 5) is 0. The van der Waals surface area contributed by atoms with Crippen molar-refractivity contribution >= 4 is 10.0 Å². The van der Waals surface area contributed by atoms with Crippen molar-refractivity contribution in [3.8, 4) is 0 Å². The Labute approximate surface area is 92.9 Å². The van der Waals surface area contributed by atoms with E-state index in [0.717, 1.165) is 0 Å². The summed E-state index contributed by atoms with van der Waals surface area (Å²) in [6.45, 7) is 4.72. The highest BCUT2D eigenvalue weighted by atomic mass is 32.2. The first kappa shape index (κ1) is 15.7. The molecule has 0 heterocycles. The van der Waals surface area contributed by atoms with Crippen LogP contribution in [0.15, 0.2) is 0 Å². The van der Waals surface area contributed by atoms with Crippen molar-refractivity contribution < 1.29 is 26.7 Å². The summed E-state index contributed by atoms with van der Waals surface area (Å²) in [5, 5.41) is 9.32. The Balaban J connectivity index is 4.28. The molecule has 0 spiro atoms. The van der Waals surface area contributed by atoms with Crippen molar-refractivity contribution in [1.82, 2.24) is 4.72 Å². The van der Waals surface area contributed by atoms with Crippen LogP contribution in [0.1, 0.15) is 27.2 Å². The van der Waals surface area contributed by atoms with Crippen molar-refractivity contribution in [2.75, 3.05) is 6.54 Å². The third kappa shape index (κ3) is 5.66. The lowest BCUT2D eigenvalue weighted by atomic mass is 9.89. The normalized spacial score (nSPS) is 16.2. The predicted molar refractivity (Wildman–Crippen MR) is 53.1 cm³/mol. The van der Waals surface area contributed by atoms with E-state index in [1.807, 2.05) is 0 Å². The van der Waals surface area contributed by atoms with Crippen molar-refractivity contribution in [1.29, 1.82) is 0 Å². The van der Waals surface area contributed by atoms with Crippen LogP contribution in [0.4, 0.5) is 13.2 Å². The van der Waals surface area contributed by atoms with Crippen LogP contribution < -0.4 is 4.72 Å². The molecule has 0 aromatic carbocycles. The fourth-order valence-electron chi connectivity index (χ4n) is 1.07. The number of hydrogen-bond donors (Lipinski definition) is 2. The topological polar surface area (TPSA) is 66.4 Å². The van der Waals surface area contributed by atoms with E-state index < -0.39 is 28.2 Å². The molecule has 0 radical (unpaired) electrons. The molecule has 0 fully saturated rings. The zero-order valence-electron chi connectivity index (χ0n) is 9.30. The van der Waals surface area contributed by atoms with E-state index in [1.54, 1.807) is 20.8 Å². The number of aliphatic hydroxyl groups excluding tert-OH is 1. The van der Waals surface area contributed by atoms with Gasteiger partial charge in [0.1, 0.15) is 0 Å². The van der Waals surface area contributed by atoms with Crippen LogP contribution in [0.5, 0.6) is 0 Å². The van der Waals surface area contributed by atoms with E-state index in [-0.39, 0.29) is 11.8 Å². The average molecular weight is 263 g/mol. The molecule has 0 aromatic heterocycles. The van der Waals surface area contributed by atoms with Gasteiger partial charge in [0, 0.05) is 6.54 Å². The summed E-state index contributed by atoms with van der Waals surface area (Å²) < 4.78 is 58.1. The number of aliphatic hydroxyl groups is 1. The highest BCUT2D eigenvalue weighted by Gasteiger charge is 2.45. The molecule has 0 aliphatic rings. The predicted octanol–water partition coefficient (Wildman–Crippen LogP) is 1.22. The molecular formula is C8H16F3NO3S. The van der Waals surface area contributed by atoms with Crippen LogP contribution in [0.3, 0.4) is 0 Å². The van der Waals surface area contributed by atoms with E-state index in [4.69, 9.17) is 0 Å². The molecular weight excluding hydrogens is 247 g/mol. The molecule has 2 N–H and O–H groups in total. The largest absolute Gasteiger partial charge is 0.511 e. The van der Waals surface area contributed by atoms with Crippen LogP contribution in [0.2, 0.25) is 0 Å². The molecule has 98 valence electrons. The number of rotatable bonds is 4. The lowest BCUT2D eigenvalue weighted by molar-refractivity contribution is -0.0450. The highest BCUT2D eigenvalue weighted by Crippen LogP contribution is 2.23. The van der Waals surface area contributed by atoms with Crippen LogP contribution >= 0.6 is 0 Å². The van der Waals surface area contributed by atoms with Gasteiger partial charge in [0.25, 0.3) is 0 Å². The van der Waals surface area contributed by atoms with Gasteiger partial charge in [0.15, 0.2) is 0 Å². The third-order valence-electron chi connectivity index (χ3n) is 1.66. The van der Waals surface area contributed by atoms with Gasteiger partial charge < -0.3 is 5.11 Å². The molecule has 4 nitrogen and oxygen atoms in total. The molecule has 0 saturated carbocycles. The third-order valence-corrected chi connectivity index (χ3v) is 2.82. The maximum atomic E-state index is 11.9. The maximum absolute atomic E-state index is 11.9. The Hall–Kier alpha value is -0.340. The number of hydrogen-bond acceptors (Lipinski definition) is 3. The Kier molecular flexibility index (Phi) is 4.78. The summed E-state index contributed by atoms with van der Waals surface area (Å²) >= 11 is 0. The fourth-order valence-corrected chi connectivity index (χ4v) is 1.64. The second-order valence-corrected chi connectivity index (χ2v) is 6.47. The number of alkyl halides is 3. The lowest BCUT2D eigenvalue weighted by Gasteiger charge is -2.22. The summed E-state index contributed by atoms with van der Waals surface area (Å²) in [6.07, 6.45) is -0.940. The van der Waals surface area contributed by atoms with Gasteiger partial charge in [0.05, 0.1) is 6.10 Å². The first-order valence-electron chi connectivity index (χ1n) is 4.59. The molecule has 16 heavy (non-hydrogen) atoms. The van der Waals surface area contributed by atoms with E-state index in [1.165, 1.54) is 4.72 Å². The van der Waals surface area contributed by atoms with Crippen LogP contribution in [-0.4, -0.2) is 31.7 Å². The van der Waals surface area contributed by atoms with Crippen molar-refractivity contribution in [2.24, 2.45) is 5.41 Å². The first-order chi connectivity index (χ1) is 6.85. The second kappa shape index (κ2) is 4.89. The number of sulfonamides is 1. The van der Waals surface area contributed by atoms with Crippen LogP contribution in [0.25, 0.3) is 0 Å². The second-order valence-electron chi connectivity index (χ2n) is 4.72. The minimum Gasteiger partial charge on any atom is -0.392 e. The zero-order valence-corrected chi connectivity index (χ0v) is 10.1. The minimum atomic E-state index is -5.36. The van der Waals surface area contributed by atoms with E-state index >= 15 is 0 Å². The summed E-state index contributed by atoms with van der Waals surface area (Å²) in [6, 6.07) is 0. The molecule has 0 amide bonds. The molecule has 0 rings (SSSR count). The molecule has 0 aromatic rings. The van der Waals surface area contributed by atoms with Crippen molar-refractivity contribution in [3.05, 3.63) is 0 Å². The molecule has 8 heteroatoms. The molecule has 0 aliphatic heterocycles. The van der Waals surface area contributed by atoms with Gasteiger partial charge in [-0.05, 0) is 11.8 Å². The quantitative estimate of drug-likeness (QED) is 0.801. The van der Waals surface area contributed by atoms with Crippen molar-refractivity contribution in [2.45, 2.75) is 38.8 Å². The molecule has 0 bridgehead atoms. The SMILES string of the molecule is CC(C)(C)CC(O)CNS(=O)(=O)C(F)(F)F. The fraction of sp³-hybridized carbons (Fsp3) is 1.00. The molecule has 1 atom stereocenters. The van der Waals surface area contributed by atoms with Gasteiger partial charge in [-0.3, -0.25) is 0 Å². The summed E-state index contributed by atoms with van der Waals surface area (Å²) in [7, 11) is -5.36. The van der Waals surface area contributed by atoms with E-state index in [0.29, 0.717) is 0 Å². The molecule has 1 unspecified atom stereocenters. The van der Waals surface area contributed by atoms with Gasteiger partial charge in [-0.25, -0.2) is 13.1 Å². The molecule has 0 saturated heterocycles. The summed E-state index contributed by atoms with van der Waals surface area (Å²) in [5.41, 5.74) is -5.63. The zero-order chi connectivity index (χ0) is 13.2. The first-order valence-corrected chi connectivity index (χ1v) is 6.07. The smallest absolute Gasteiger partial charge is 0.392 e. The standard InChI is InChI=1S/C8H16F3NO3S/c1-7(2,3)4-6(13)5-12-16(14,15)8(9,10)11/h6,12-13H,4-5H2,1-3H3. The van der Waals surface area contributed by atoms with E-state index in [9.17, 15) is 26.7 Å². The van der Waals surface area contributed by atoms with Gasteiger partial charge >= 0.3 is 15.5 Å². The minimum absolute atomic E-state index is 0.202. The number of halogens is 3. The average Bonchev–Trinajstić information content (AvgIpc) is 1.95. The van der Waals surface area contributed by atoms with Gasteiger partial charge in [-0.1, -0.05) is 20.8 Å². The summed E-state index contributed by atoms with van der Waals surface area (Å²) in [5.74, 6) is 0. The Bertz CT molecular complexity index is 318. The lowest BCUT2D eigenvalue weighted by Crippen LogP contribution is -2.41. The van der Waals surface area contributed by atoms with Gasteiger partial charge in [-0.15, -0.1) is 0 Å². The number of nitrogens with one attached hydrogen (secondary N) is 1. The van der Waals surface area contributed by atoms with Crippen LogP contribution in [-0.2, 0) is 10.0 Å². The maximum Gasteiger partial charge on any atom is 0.511 e. The Morgan fingerprint density at radius 2 is 1.69 bits per heavy atom. The van der Waals surface area contributed by atoms with Gasteiger partial charge in [-0.2, -0.15) is 13.2 Å². The van der Waals surface area contributed by atoms with E-state index in [2.05, 4.69) is 0 Å². The van der Waals surface area contributed by atoms with Crippen molar-refractivity contribution in [3.63, 3.8) is 0 Å². The molecule has 0 aliphatic carbocycles. The van der Waals surface area contributed by atoms with Gasteiger partial charge in [0.2, 0.25) is 0 Å². The Morgan fingerprint density at radius 3 is 2.00 bits per heavy atom. The van der Waals surface area contributed by atoms with Crippen LogP contribution in [0, 0.1) is 5.41 Å². The highest BCUT2D eigenvalue weighted by molar-refractivity contribution is 7.90. The monoisotopic (exact) mass is 263 g/mol. The Morgan fingerprint density at radius 1 is 1.25 bits per heavy atom.